The molecule has 0 rings (SSSR count). The lowest BCUT2D eigenvalue weighted by atomic mass is 9.86. The van der Waals surface area contributed by atoms with E-state index < -0.39 is 23.3 Å². The highest BCUT2D eigenvalue weighted by atomic mass is 16.6. The van der Waals surface area contributed by atoms with E-state index in [1.165, 1.54) is 0 Å². The van der Waals surface area contributed by atoms with Crippen molar-refractivity contribution < 1.29 is 28.6 Å². The third-order valence-electron chi connectivity index (χ3n) is 6.05. The van der Waals surface area contributed by atoms with Gasteiger partial charge in [-0.15, -0.1) is 0 Å². The molecule has 3 unspecified atom stereocenters. The maximum absolute atomic E-state index is 13.6. The van der Waals surface area contributed by atoms with Gasteiger partial charge in [-0.1, -0.05) is 13.8 Å². The minimum absolute atomic E-state index is 0.0393. The molecule has 3 atom stereocenters. The number of ether oxygens (including phenoxy) is 3. The number of nitrogens with one attached hydrogen (secondary N) is 5. The van der Waals surface area contributed by atoms with Gasteiger partial charge in [0.2, 0.25) is 5.91 Å². The van der Waals surface area contributed by atoms with Gasteiger partial charge in [0.15, 0.2) is 5.78 Å². The fourth-order valence-electron chi connectivity index (χ4n) is 3.49. The summed E-state index contributed by atoms with van der Waals surface area (Å²) in [5.74, 6) is -0.204. The van der Waals surface area contributed by atoms with Crippen LogP contribution in [0.2, 0.25) is 0 Å². The Morgan fingerprint density at radius 3 is 2.05 bits per heavy atom. The molecule has 0 bridgehead atoms. The van der Waals surface area contributed by atoms with Gasteiger partial charge in [0.25, 0.3) is 0 Å². The average molecular weight is 561 g/mol. The Balaban J connectivity index is 4.47. The van der Waals surface area contributed by atoms with Crippen molar-refractivity contribution in [2.24, 2.45) is 5.73 Å². The van der Waals surface area contributed by atoms with Crippen molar-refractivity contribution in [3.8, 4) is 0 Å². The Morgan fingerprint density at radius 2 is 1.49 bits per heavy atom. The van der Waals surface area contributed by atoms with E-state index in [-0.39, 0.29) is 24.2 Å². The van der Waals surface area contributed by atoms with Crippen LogP contribution in [0.5, 0.6) is 0 Å². The molecule has 230 valence electrons. The van der Waals surface area contributed by atoms with Gasteiger partial charge in [0.1, 0.15) is 5.60 Å². The number of rotatable bonds is 23. The third kappa shape index (κ3) is 19.0. The van der Waals surface area contributed by atoms with Crippen LogP contribution in [0.4, 0.5) is 4.79 Å². The van der Waals surface area contributed by atoms with Crippen molar-refractivity contribution >= 4 is 17.8 Å². The fraction of sp³-hybridized carbons (Fsp3) is 0.889. The quantitative estimate of drug-likeness (QED) is 0.0979. The van der Waals surface area contributed by atoms with E-state index in [9.17, 15) is 14.4 Å². The SMILES string of the molecule is CCC(C)NC(CC(=O)NCCNCCN)C(=O)C(C)(CC)NCCOCCOCCNC(=O)OC(C)(C)C. The lowest BCUT2D eigenvalue weighted by molar-refractivity contribution is -0.131. The second-order valence-electron chi connectivity index (χ2n) is 10.8. The summed E-state index contributed by atoms with van der Waals surface area (Å²) >= 11 is 0. The molecule has 0 heterocycles. The zero-order chi connectivity index (χ0) is 29.7. The molecule has 12 nitrogen and oxygen atoms in total. The van der Waals surface area contributed by atoms with Gasteiger partial charge in [-0.3, -0.25) is 9.59 Å². The molecule has 39 heavy (non-hydrogen) atoms. The molecule has 0 aromatic rings. The van der Waals surface area contributed by atoms with Crippen molar-refractivity contribution in [3.63, 3.8) is 0 Å². The van der Waals surface area contributed by atoms with Crippen molar-refractivity contribution in [2.45, 2.75) is 91.0 Å². The largest absolute Gasteiger partial charge is 0.444 e. The first-order valence-corrected chi connectivity index (χ1v) is 14.2. The van der Waals surface area contributed by atoms with E-state index in [1.807, 2.05) is 27.7 Å². The Hall–Kier alpha value is -1.83. The highest BCUT2D eigenvalue weighted by molar-refractivity contribution is 5.96. The molecule has 0 aliphatic carbocycles. The summed E-state index contributed by atoms with van der Waals surface area (Å²) in [6, 6.07) is -0.500. The molecule has 0 saturated carbocycles. The zero-order valence-corrected chi connectivity index (χ0v) is 25.4. The molecular formula is C27H56N6O6. The lowest BCUT2D eigenvalue weighted by Crippen LogP contribution is -2.59. The summed E-state index contributed by atoms with van der Waals surface area (Å²) in [6.45, 7) is 18.0. The van der Waals surface area contributed by atoms with Crippen molar-refractivity contribution in [3.05, 3.63) is 0 Å². The minimum Gasteiger partial charge on any atom is -0.444 e. The molecule has 0 radical (unpaired) electrons. The van der Waals surface area contributed by atoms with Crippen molar-refractivity contribution in [1.82, 2.24) is 26.6 Å². The molecular weight excluding hydrogens is 504 g/mol. The second kappa shape index (κ2) is 21.0. The van der Waals surface area contributed by atoms with E-state index in [2.05, 4.69) is 26.6 Å². The number of hydrogen-bond donors (Lipinski definition) is 6. The molecule has 0 aromatic carbocycles. The van der Waals surface area contributed by atoms with Gasteiger partial charge < -0.3 is 46.5 Å². The number of alkyl carbamates (subject to hydrolysis) is 1. The van der Waals surface area contributed by atoms with Crippen LogP contribution in [0.3, 0.4) is 0 Å². The van der Waals surface area contributed by atoms with Crippen molar-refractivity contribution in [2.75, 3.05) is 65.7 Å². The highest BCUT2D eigenvalue weighted by Crippen LogP contribution is 2.16. The summed E-state index contributed by atoms with van der Waals surface area (Å²) < 4.78 is 16.2. The predicted molar refractivity (Wildman–Crippen MR) is 154 cm³/mol. The first-order chi connectivity index (χ1) is 18.4. The van der Waals surface area contributed by atoms with E-state index in [0.29, 0.717) is 72.1 Å². The van der Waals surface area contributed by atoms with Gasteiger partial charge in [-0.05, 0) is 47.5 Å². The topological polar surface area (TPSA) is 165 Å². The molecule has 7 N–H and O–H groups in total. The lowest BCUT2D eigenvalue weighted by Gasteiger charge is -2.33. The maximum Gasteiger partial charge on any atom is 0.407 e. The van der Waals surface area contributed by atoms with Gasteiger partial charge in [0, 0.05) is 51.7 Å². The number of amides is 2. The maximum atomic E-state index is 13.6. The molecule has 12 heteroatoms. The predicted octanol–water partition coefficient (Wildman–Crippen LogP) is 0.683. The van der Waals surface area contributed by atoms with Gasteiger partial charge in [-0.2, -0.15) is 0 Å². The summed E-state index contributed by atoms with van der Waals surface area (Å²) in [7, 11) is 0. The number of carbonyl (C=O) groups is 3. The zero-order valence-electron chi connectivity index (χ0n) is 25.4. The second-order valence-corrected chi connectivity index (χ2v) is 10.8. The molecule has 0 saturated heterocycles. The number of Topliss-reactive ketones (excluding diaryl/α,β-unsaturated/α-hetero) is 1. The first-order valence-electron chi connectivity index (χ1n) is 14.2. The van der Waals surface area contributed by atoms with Gasteiger partial charge in [-0.25, -0.2) is 4.79 Å². The summed E-state index contributed by atoms with van der Waals surface area (Å²) in [5, 5.41) is 15.3. The average Bonchev–Trinajstić information content (AvgIpc) is 2.87. The minimum atomic E-state index is -0.804. The normalized spacial score (nSPS) is 14.8. The van der Waals surface area contributed by atoms with Crippen LogP contribution in [0.25, 0.3) is 0 Å². The Labute approximate surface area is 235 Å². The Kier molecular flexibility index (Phi) is 20.0. The number of hydrogen-bond acceptors (Lipinski definition) is 10. The molecule has 2 amide bonds. The highest BCUT2D eigenvalue weighted by Gasteiger charge is 2.37. The number of carbonyl (C=O) groups excluding carboxylic acids is 3. The van der Waals surface area contributed by atoms with Gasteiger partial charge >= 0.3 is 6.09 Å². The summed E-state index contributed by atoms with van der Waals surface area (Å²) in [5.41, 5.74) is 4.12. The van der Waals surface area contributed by atoms with Crippen LogP contribution < -0.4 is 32.3 Å². The first kappa shape index (κ1) is 37.2. The molecule has 0 spiro atoms. The van der Waals surface area contributed by atoms with Gasteiger partial charge in [0.05, 0.1) is 38.0 Å². The summed E-state index contributed by atoms with van der Waals surface area (Å²) in [6.07, 6.45) is 1.02. The fourth-order valence-corrected chi connectivity index (χ4v) is 3.49. The van der Waals surface area contributed by atoms with Crippen LogP contribution in [0, 0.1) is 0 Å². The van der Waals surface area contributed by atoms with Crippen LogP contribution in [0.15, 0.2) is 0 Å². The van der Waals surface area contributed by atoms with E-state index in [4.69, 9.17) is 19.9 Å². The Bertz CT molecular complexity index is 690. The number of ketones is 1. The van der Waals surface area contributed by atoms with Crippen LogP contribution >= 0.6 is 0 Å². The third-order valence-corrected chi connectivity index (χ3v) is 6.05. The van der Waals surface area contributed by atoms with E-state index in [0.717, 1.165) is 6.42 Å². The van der Waals surface area contributed by atoms with Crippen LogP contribution in [-0.4, -0.2) is 107 Å². The van der Waals surface area contributed by atoms with Crippen LogP contribution in [-0.2, 0) is 23.8 Å². The summed E-state index contributed by atoms with van der Waals surface area (Å²) in [4.78, 5) is 37.7. The smallest absolute Gasteiger partial charge is 0.407 e. The Morgan fingerprint density at radius 1 is 0.846 bits per heavy atom. The van der Waals surface area contributed by atoms with E-state index >= 15 is 0 Å². The molecule has 0 aliphatic rings. The molecule has 0 aromatic heterocycles. The molecule has 0 fully saturated rings. The monoisotopic (exact) mass is 560 g/mol. The van der Waals surface area contributed by atoms with E-state index in [1.54, 1.807) is 20.8 Å². The van der Waals surface area contributed by atoms with Crippen LogP contribution in [0.1, 0.15) is 67.7 Å². The standard InChI is InChI=1S/C27H56N6O6/c1-8-21(3)33-22(20-23(34)30-13-12-29-11-10-28)24(35)27(7,9-2)32-15-17-38-19-18-37-16-14-31-25(36)39-26(4,5)6/h21-22,29,32-33H,8-20,28H2,1-7H3,(H,30,34)(H,31,36). The molecule has 0 aliphatic heterocycles. The van der Waals surface area contributed by atoms with Crippen molar-refractivity contribution in [1.29, 1.82) is 0 Å². The number of nitrogens with two attached hydrogens (primary N) is 1.